The van der Waals surface area contributed by atoms with Gasteiger partial charge in [0.15, 0.2) is 12.4 Å². The van der Waals surface area contributed by atoms with Crippen LogP contribution < -0.4 is 10.1 Å². The Bertz CT molecular complexity index is 579. The highest BCUT2D eigenvalue weighted by molar-refractivity contribution is 9.10. The number of halogens is 1. The Balaban J connectivity index is 1.72. The molecule has 0 aromatic heterocycles. The summed E-state index contributed by atoms with van der Waals surface area (Å²) in [4.78, 5) is 23.7. The average Bonchev–Trinajstić information content (AvgIpc) is 2.97. The lowest BCUT2D eigenvalue weighted by molar-refractivity contribution is -0.118. The Morgan fingerprint density at radius 2 is 2.10 bits per heavy atom. The highest BCUT2D eigenvalue weighted by atomic mass is 79.9. The molecule has 5 heteroatoms. The molecule has 1 heterocycles. The van der Waals surface area contributed by atoms with Crippen molar-refractivity contribution in [2.45, 2.75) is 38.5 Å². The lowest BCUT2D eigenvalue weighted by Crippen LogP contribution is -2.25. The molecule has 112 valence electrons. The van der Waals surface area contributed by atoms with Gasteiger partial charge in [0, 0.05) is 16.5 Å². The van der Waals surface area contributed by atoms with Crippen molar-refractivity contribution in [1.29, 1.82) is 0 Å². The number of hydrogen-bond acceptors (Lipinski definition) is 3. The van der Waals surface area contributed by atoms with E-state index >= 15 is 0 Å². The minimum atomic E-state index is -0.172. The second kappa shape index (κ2) is 6.18. The van der Waals surface area contributed by atoms with E-state index in [-0.39, 0.29) is 18.3 Å². The van der Waals surface area contributed by atoms with Crippen LogP contribution in [-0.4, -0.2) is 18.3 Å². The number of rotatable bonds is 4. The molecule has 3 rings (SSSR count). The van der Waals surface area contributed by atoms with Gasteiger partial charge in [-0.3, -0.25) is 9.59 Å². The SMILES string of the molecule is O=C1COc2cc(C(=O)CCC3CCCC3)c(Br)cc2N1. The minimum Gasteiger partial charge on any atom is -0.482 e. The van der Waals surface area contributed by atoms with E-state index in [1.165, 1.54) is 25.7 Å². The first-order valence-electron chi connectivity index (χ1n) is 7.43. The van der Waals surface area contributed by atoms with Gasteiger partial charge in [-0.2, -0.15) is 0 Å². The highest BCUT2D eigenvalue weighted by Gasteiger charge is 2.22. The topological polar surface area (TPSA) is 55.4 Å². The van der Waals surface area contributed by atoms with Crippen molar-refractivity contribution < 1.29 is 14.3 Å². The molecule has 0 saturated heterocycles. The molecule has 1 N–H and O–H groups in total. The van der Waals surface area contributed by atoms with Gasteiger partial charge in [0.05, 0.1) is 5.69 Å². The standard InChI is InChI=1S/C16H18BrNO3/c17-12-8-13-15(21-9-16(20)18-13)7-11(12)14(19)6-5-10-3-1-2-4-10/h7-8,10H,1-6,9H2,(H,18,20). The molecule has 1 aromatic carbocycles. The van der Waals surface area contributed by atoms with Crippen molar-refractivity contribution in [3.05, 3.63) is 22.2 Å². The predicted octanol–water partition coefficient (Wildman–Crippen LogP) is 3.93. The van der Waals surface area contributed by atoms with Crippen LogP contribution in [0.25, 0.3) is 0 Å². The molecule has 1 saturated carbocycles. The second-order valence-corrected chi connectivity index (χ2v) is 6.63. The van der Waals surface area contributed by atoms with Gasteiger partial charge in [-0.05, 0) is 40.4 Å². The van der Waals surface area contributed by atoms with Crippen LogP contribution in [0, 0.1) is 5.92 Å². The van der Waals surface area contributed by atoms with Crippen molar-refractivity contribution in [1.82, 2.24) is 0 Å². The summed E-state index contributed by atoms with van der Waals surface area (Å²) in [5, 5.41) is 2.74. The van der Waals surface area contributed by atoms with Crippen LogP contribution in [0.2, 0.25) is 0 Å². The van der Waals surface area contributed by atoms with E-state index in [9.17, 15) is 9.59 Å². The zero-order valence-corrected chi connectivity index (χ0v) is 13.4. The number of amides is 1. The largest absolute Gasteiger partial charge is 0.482 e. The fraction of sp³-hybridized carbons (Fsp3) is 0.500. The summed E-state index contributed by atoms with van der Waals surface area (Å²) in [7, 11) is 0. The maximum absolute atomic E-state index is 12.4. The molecule has 2 aliphatic rings. The average molecular weight is 352 g/mol. The molecular weight excluding hydrogens is 334 g/mol. The molecule has 21 heavy (non-hydrogen) atoms. The molecule has 0 bridgehead atoms. The first-order chi connectivity index (χ1) is 10.1. The molecule has 1 aliphatic heterocycles. The fourth-order valence-corrected chi connectivity index (χ4v) is 3.65. The molecule has 1 aliphatic carbocycles. The normalized spacial score (nSPS) is 18.0. The predicted molar refractivity (Wildman–Crippen MR) is 83.8 cm³/mol. The maximum Gasteiger partial charge on any atom is 0.262 e. The van der Waals surface area contributed by atoms with Crippen LogP contribution in [0.5, 0.6) is 5.75 Å². The van der Waals surface area contributed by atoms with E-state index in [1.54, 1.807) is 12.1 Å². The Hall–Kier alpha value is -1.36. The van der Waals surface area contributed by atoms with Crippen LogP contribution in [0.4, 0.5) is 5.69 Å². The molecule has 0 radical (unpaired) electrons. The van der Waals surface area contributed by atoms with E-state index in [2.05, 4.69) is 21.2 Å². The van der Waals surface area contributed by atoms with Crippen LogP contribution in [0.3, 0.4) is 0 Å². The summed E-state index contributed by atoms with van der Waals surface area (Å²) in [5.74, 6) is 1.25. The molecule has 1 aromatic rings. The number of carbonyl (C=O) groups excluding carboxylic acids is 2. The molecular formula is C16H18BrNO3. The summed E-state index contributed by atoms with van der Waals surface area (Å²) < 4.78 is 6.09. The molecule has 0 atom stereocenters. The Labute approximate surface area is 132 Å². The van der Waals surface area contributed by atoms with E-state index in [1.807, 2.05) is 0 Å². The number of benzene rings is 1. The van der Waals surface area contributed by atoms with E-state index in [0.29, 0.717) is 33.8 Å². The van der Waals surface area contributed by atoms with E-state index in [4.69, 9.17) is 4.74 Å². The van der Waals surface area contributed by atoms with Crippen molar-refractivity contribution in [3.63, 3.8) is 0 Å². The third-order valence-corrected chi connectivity index (χ3v) is 4.91. The summed E-state index contributed by atoms with van der Waals surface area (Å²) in [6, 6.07) is 3.48. The van der Waals surface area contributed by atoms with Gasteiger partial charge >= 0.3 is 0 Å². The number of hydrogen-bond donors (Lipinski definition) is 1. The zero-order valence-electron chi connectivity index (χ0n) is 11.8. The number of ether oxygens (including phenoxy) is 1. The maximum atomic E-state index is 12.4. The molecule has 1 amide bonds. The monoisotopic (exact) mass is 351 g/mol. The first kappa shape index (κ1) is 14.6. The highest BCUT2D eigenvalue weighted by Crippen LogP contribution is 2.35. The molecule has 0 spiro atoms. The van der Waals surface area contributed by atoms with Gasteiger partial charge in [-0.25, -0.2) is 0 Å². The first-order valence-corrected chi connectivity index (χ1v) is 8.22. The number of ketones is 1. The summed E-state index contributed by atoms with van der Waals surface area (Å²) >= 11 is 3.42. The van der Waals surface area contributed by atoms with Crippen LogP contribution in [-0.2, 0) is 4.79 Å². The number of anilines is 1. The summed E-state index contributed by atoms with van der Waals surface area (Å²) in [6.45, 7) is 0.00430. The third kappa shape index (κ3) is 3.28. The van der Waals surface area contributed by atoms with Gasteiger partial charge in [0.1, 0.15) is 5.75 Å². The third-order valence-electron chi connectivity index (χ3n) is 4.26. The lowest BCUT2D eigenvalue weighted by atomic mass is 9.97. The summed E-state index contributed by atoms with van der Waals surface area (Å²) in [6.07, 6.45) is 6.67. The number of fused-ring (bicyclic) bond motifs is 1. The van der Waals surface area contributed by atoms with Crippen molar-refractivity contribution >= 4 is 33.3 Å². The second-order valence-electron chi connectivity index (χ2n) is 5.78. The Morgan fingerprint density at radius 3 is 2.86 bits per heavy atom. The number of Topliss-reactive ketones (excluding diaryl/α,β-unsaturated/α-hetero) is 1. The van der Waals surface area contributed by atoms with Gasteiger partial charge < -0.3 is 10.1 Å². The van der Waals surface area contributed by atoms with Crippen LogP contribution in [0.15, 0.2) is 16.6 Å². The molecule has 0 unspecified atom stereocenters. The molecule has 4 nitrogen and oxygen atoms in total. The summed E-state index contributed by atoms with van der Waals surface area (Å²) in [5.41, 5.74) is 1.26. The smallest absolute Gasteiger partial charge is 0.262 e. The van der Waals surface area contributed by atoms with Crippen LogP contribution >= 0.6 is 15.9 Å². The lowest BCUT2D eigenvalue weighted by Gasteiger charge is -2.19. The number of nitrogens with one attached hydrogen (secondary N) is 1. The van der Waals surface area contributed by atoms with Crippen molar-refractivity contribution in [2.75, 3.05) is 11.9 Å². The van der Waals surface area contributed by atoms with Gasteiger partial charge in [0.2, 0.25) is 0 Å². The minimum absolute atomic E-state index is 0.00430. The Kier molecular flexibility index (Phi) is 4.29. The van der Waals surface area contributed by atoms with Crippen molar-refractivity contribution in [2.24, 2.45) is 5.92 Å². The quantitative estimate of drug-likeness (QED) is 0.836. The van der Waals surface area contributed by atoms with Crippen LogP contribution in [0.1, 0.15) is 48.9 Å². The Morgan fingerprint density at radius 1 is 1.33 bits per heavy atom. The fourth-order valence-electron chi connectivity index (χ4n) is 3.08. The number of carbonyl (C=O) groups is 2. The molecule has 1 fully saturated rings. The van der Waals surface area contributed by atoms with E-state index in [0.717, 1.165) is 6.42 Å². The zero-order chi connectivity index (χ0) is 14.8. The van der Waals surface area contributed by atoms with E-state index < -0.39 is 0 Å². The van der Waals surface area contributed by atoms with Gasteiger partial charge in [0.25, 0.3) is 5.91 Å². The van der Waals surface area contributed by atoms with Gasteiger partial charge in [-0.15, -0.1) is 0 Å². The van der Waals surface area contributed by atoms with Crippen molar-refractivity contribution in [3.8, 4) is 5.75 Å². The van der Waals surface area contributed by atoms with Gasteiger partial charge in [-0.1, -0.05) is 25.7 Å².